The maximum Gasteiger partial charge on any atom is 0.417 e. The average molecular weight is 425 g/mol. The van der Waals surface area contributed by atoms with Gasteiger partial charge in [0.1, 0.15) is 11.6 Å². The molecule has 0 atom stereocenters. The zero-order chi connectivity index (χ0) is 21.6. The fourth-order valence-corrected chi connectivity index (χ4v) is 3.15. The van der Waals surface area contributed by atoms with E-state index in [-0.39, 0.29) is 5.82 Å². The molecule has 1 aromatic heterocycles. The summed E-state index contributed by atoms with van der Waals surface area (Å²) >= 11 is 0. The van der Waals surface area contributed by atoms with Crippen LogP contribution in [0.15, 0.2) is 36.5 Å². The molecule has 0 spiro atoms. The average Bonchev–Trinajstić information content (AvgIpc) is 3.22. The molecule has 1 fully saturated rings. The maximum absolute atomic E-state index is 14.3. The number of rotatable bonds is 7. The molecule has 1 aliphatic rings. The molecule has 3 rings (SSSR count). The van der Waals surface area contributed by atoms with Gasteiger partial charge in [-0.15, -0.1) is 0 Å². The van der Waals surface area contributed by atoms with Crippen molar-refractivity contribution in [2.24, 2.45) is 0 Å². The number of carbonyl (C=O) groups is 1. The first-order valence-electron chi connectivity index (χ1n) is 9.69. The van der Waals surface area contributed by atoms with Crippen molar-refractivity contribution in [1.29, 1.82) is 0 Å². The standard InChI is InChI=1S/C20H23F4N5O/c21-16-12-15(5-6-17(16)29-10-1-2-11-29)28-19(30)26-9-3-8-25-18-7-4-14(13-27-18)20(22,23)24/h4-7,12-13H,1-3,8-11H2,(H,25,27)(H2,26,28,30). The summed E-state index contributed by atoms with van der Waals surface area (Å²) in [6, 6.07) is 6.37. The van der Waals surface area contributed by atoms with Crippen molar-refractivity contribution in [1.82, 2.24) is 10.3 Å². The lowest BCUT2D eigenvalue weighted by Gasteiger charge is -2.19. The Bertz CT molecular complexity index is 851. The van der Waals surface area contributed by atoms with Crippen LogP contribution in [0.2, 0.25) is 0 Å². The molecule has 6 nitrogen and oxygen atoms in total. The van der Waals surface area contributed by atoms with E-state index in [0.717, 1.165) is 38.2 Å². The van der Waals surface area contributed by atoms with Crippen molar-refractivity contribution in [2.45, 2.75) is 25.4 Å². The van der Waals surface area contributed by atoms with Crippen molar-refractivity contribution < 1.29 is 22.4 Å². The van der Waals surface area contributed by atoms with Crippen LogP contribution in [0.1, 0.15) is 24.8 Å². The molecular formula is C20H23F4N5O. The van der Waals surface area contributed by atoms with Crippen molar-refractivity contribution in [3.8, 4) is 0 Å². The molecule has 30 heavy (non-hydrogen) atoms. The van der Waals surface area contributed by atoms with E-state index in [9.17, 15) is 22.4 Å². The zero-order valence-corrected chi connectivity index (χ0v) is 16.2. The third-order valence-electron chi connectivity index (χ3n) is 4.69. The third kappa shape index (κ3) is 5.98. The van der Waals surface area contributed by atoms with Gasteiger partial charge in [-0.3, -0.25) is 0 Å². The number of nitrogens with zero attached hydrogens (tertiary/aromatic N) is 2. The van der Waals surface area contributed by atoms with Gasteiger partial charge in [-0.1, -0.05) is 0 Å². The van der Waals surface area contributed by atoms with Crippen LogP contribution < -0.4 is 20.9 Å². The van der Waals surface area contributed by atoms with E-state index in [1.807, 2.05) is 4.90 Å². The normalized spacial score (nSPS) is 13.9. The number of hydrogen-bond acceptors (Lipinski definition) is 4. The first-order chi connectivity index (χ1) is 14.3. The van der Waals surface area contributed by atoms with Gasteiger partial charge in [-0.2, -0.15) is 13.2 Å². The van der Waals surface area contributed by atoms with Crippen LogP contribution in [-0.2, 0) is 6.18 Å². The molecule has 0 saturated carbocycles. The predicted octanol–water partition coefficient (Wildman–Crippen LogP) is 4.46. The molecule has 1 aliphatic heterocycles. The second-order valence-corrected chi connectivity index (χ2v) is 6.95. The zero-order valence-electron chi connectivity index (χ0n) is 16.2. The molecule has 0 bridgehead atoms. The van der Waals surface area contributed by atoms with Crippen molar-refractivity contribution in [3.05, 3.63) is 47.9 Å². The monoisotopic (exact) mass is 425 g/mol. The second-order valence-electron chi connectivity index (χ2n) is 6.95. The number of anilines is 3. The molecule has 1 saturated heterocycles. The summed E-state index contributed by atoms with van der Waals surface area (Å²) in [7, 11) is 0. The molecule has 2 amide bonds. The Morgan fingerprint density at radius 2 is 1.87 bits per heavy atom. The van der Waals surface area contributed by atoms with E-state index in [1.54, 1.807) is 12.1 Å². The molecule has 162 valence electrons. The van der Waals surface area contributed by atoms with Gasteiger partial charge in [0, 0.05) is 38.1 Å². The fourth-order valence-electron chi connectivity index (χ4n) is 3.15. The number of hydrogen-bond donors (Lipinski definition) is 3. The van der Waals surface area contributed by atoms with Crippen LogP contribution >= 0.6 is 0 Å². The number of amides is 2. The molecule has 2 heterocycles. The Morgan fingerprint density at radius 1 is 1.10 bits per heavy atom. The van der Waals surface area contributed by atoms with Crippen LogP contribution in [0.5, 0.6) is 0 Å². The second kappa shape index (κ2) is 9.64. The Morgan fingerprint density at radius 3 is 2.50 bits per heavy atom. The number of carbonyl (C=O) groups excluding carboxylic acids is 1. The Hall–Kier alpha value is -3.04. The van der Waals surface area contributed by atoms with E-state index in [2.05, 4.69) is 20.9 Å². The predicted molar refractivity (Wildman–Crippen MR) is 107 cm³/mol. The van der Waals surface area contributed by atoms with Gasteiger partial charge in [0.25, 0.3) is 0 Å². The van der Waals surface area contributed by atoms with Gasteiger partial charge in [0.15, 0.2) is 0 Å². The molecular weight excluding hydrogens is 402 g/mol. The molecule has 2 aromatic rings. The highest BCUT2D eigenvalue weighted by molar-refractivity contribution is 5.89. The summed E-state index contributed by atoms with van der Waals surface area (Å²) in [6.07, 6.45) is -1.03. The van der Waals surface area contributed by atoms with Crippen LogP contribution in [0, 0.1) is 5.82 Å². The Balaban J connectivity index is 1.36. The number of nitrogens with one attached hydrogen (secondary N) is 3. The van der Waals surface area contributed by atoms with E-state index in [0.29, 0.717) is 36.7 Å². The number of pyridine rings is 1. The Kier molecular flexibility index (Phi) is 6.96. The summed E-state index contributed by atoms with van der Waals surface area (Å²) in [5.74, 6) is -0.0519. The van der Waals surface area contributed by atoms with E-state index in [1.165, 1.54) is 12.1 Å². The quantitative estimate of drug-likeness (QED) is 0.453. The highest BCUT2D eigenvalue weighted by Crippen LogP contribution is 2.29. The van der Waals surface area contributed by atoms with Gasteiger partial charge in [-0.25, -0.2) is 14.2 Å². The molecule has 3 N–H and O–H groups in total. The lowest BCUT2D eigenvalue weighted by atomic mass is 10.2. The first-order valence-corrected chi connectivity index (χ1v) is 9.69. The van der Waals surface area contributed by atoms with Crippen molar-refractivity contribution in [3.63, 3.8) is 0 Å². The molecule has 0 aliphatic carbocycles. The molecule has 1 aromatic carbocycles. The third-order valence-corrected chi connectivity index (χ3v) is 4.69. The van der Waals surface area contributed by atoms with E-state index >= 15 is 0 Å². The fraction of sp³-hybridized carbons (Fsp3) is 0.400. The lowest BCUT2D eigenvalue weighted by Crippen LogP contribution is -2.30. The van der Waals surface area contributed by atoms with Crippen LogP contribution in [0.25, 0.3) is 0 Å². The number of halogens is 4. The van der Waals surface area contributed by atoms with Gasteiger partial charge in [-0.05, 0) is 49.6 Å². The SMILES string of the molecule is O=C(NCCCNc1ccc(C(F)(F)F)cn1)Nc1ccc(N2CCCC2)c(F)c1. The molecule has 0 unspecified atom stereocenters. The Labute approximate surface area is 171 Å². The minimum atomic E-state index is -4.42. The highest BCUT2D eigenvalue weighted by Gasteiger charge is 2.30. The minimum absolute atomic E-state index is 0.320. The van der Waals surface area contributed by atoms with Gasteiger partial charge < -0.3 is 20.9 Å². The number of urea groups is 1. The smallest absolute Gasteiger partial charge is 0.370 e. The van der Waals surface area contributed by atoms with E-state index in [4.69, 9.17) is 0 Å². The highest BCUT2D eigenvalue weighted by atomic mass is 19.4. The lowest BCUT2D eigenvalue weighted by molar-refractivity contribution is -0.137. The number of benzene rings is 1. The summed E-state index contributed by atoms with van der Waals surface area (Å²) in [6.45, 7) is 2.41. The summed E-state index contributed by atoms with van der Waals surface area (Å²) in [5, 5.41) is 8.11. The first kappa shape index (κ1) is 21.7. The van der Waals surface area contributed by atoms with Gasteiger partial charge in [0.05, 0.1) is 11.3 Å². The van der Waals surface area contributed by atoms with Crippen molar-refractivity contribution >= 4 is 23.2 Å². The topological polar surface area (TPSA) is 69.3 Å². The van der Waals surface area contributed by atoms with Crippen LogP contribution in [-0.4, -0.2) is 37.2 Å². The summed E-state index contributed by atoms with van der Waals surface area (Å²) in [4.78, 5) is 17.6. The molecule has 10 heteroatoms. The summed E-state index contributed by atoms with van der Waals surface area (Å²) in [5.41, 5.74) is 0.0951. The summed E-state index contributed by atoms with van der Waals surface area (Å²) < 4.78 is 51.7. The van der Waals surface area contributed by atoms with E-state index < -0.39 is 17.8 Å². The molecule has 0 radical (unpaired) electrons. The van der Waals surface area contributed by atoms with Crippen molar-refractivity contribution in [2.75, 3.05) is 41.7 Å². The van der Waals surface area contributed by atoms with Crippen LogP contribution in [0.4, 0.5) is 39.5 Å². The number of alkyl halides is 3. The van der Waals surface area contributed by atoms with Crippen LogP contribution in [0.3, 0.4) is 0 Å². The largest absolute Gasteiger partial charge is 0.417 e. The van der Waals surface area contributed by atoms with Gasteiger partial charge in [0.2, 0.25) is 0 Å². The van der Waals surface area contributed by atoms with Gasteiger partial charge >= 0.3 is 12.2 Å². The maximum atomic E-state index is 14.3. The number of aromatic nitrogens is 1. The minimum Gasteiger partial charge on any atom is -0.370 e.